The molecule has 2 heteroatoms. The van der Waals surface area contributed by atoms with Crippen molar-refractivity contribution < 1.29 is 4.74 Å². The number of hydrogen-bond acceptors (Lipinski definition) is 2. The van der Waals surface area contributed by atoms with E-state index in [4.69, 9.17) is 4.74 Å². The number of ether oxygens (including phenoxy) is 1. The van der Waals surface area contributed by atoms with Gasteiger partial charge in [0.2, 0.25) is 0 Å². The molecule has 0 unspecified atom stereocenters. The monoisotopic (exact) mass is 275 g/mol. The average Bonchev–Trinajstić information content (AvgIpc) is 3.29. The van der Waals surface area contributed by atoms with E-state index in [1.807, 2.05) is 0 Å². The van der Waals surface area contributed by atoms with Gasteiger partial charge >= 0.3 is 0 Å². The second kappa shape index (κ2) is 9.02. The summed E-state index contributed by atoms with van der Waals surface area (Å²) in [4.78, 5) is 0. The first-order valence-corrected chi connectivity index (χ1v) is 8.31. The second-order valence-corrected chi connectivity index (χ2v) is 5.96. The maximum Gasteiger partial charge on any atom is 0.119 e. The number of nitrogens with one attached hydrogen (secondary N) is 1. The van der Waals surface area contributed by atoms with E-state index < -0.39 is 0 Å². The highest BCUT2D eigenvalue weighted by atomic mass is 16.5. The van der Waals surface area contributed by atoms with Crippen molar-refractivity contribution in [2.24, 2.45) is 5.92 Å². The van der Waals surface area contributed by atoms with Crippen LogP contribution in [0.1, 0.15) is 57.4 Å². The fourth-order valence-corrected chi connectivity index (χ4v) is 2.40. The zero-order valence-corrected chi connectivity index (χ0v) is 12.9. The Bertz CT molecular complexity index is 356. The van der Waals surface area contributed by atoms with Crippen molar-refractivity contribution in [1.82, 2.24) is 5.32 Å². The molecular formula is C18H29NO. The topological polar surface area (TPSA) is 21.3 Å². The van der Waals surface area contributed by atoms with E-state index in [0.717, 1.165) is 37.8 Å². The SMILES string of the molecule is CCCCCOc1ccc(CNCCCC2CC2)cc1. The highest BCUT2D eigenvalue weighted by Gasteiger charge is 2.19. The summed E-state index contributed by atoms with van der Waals surface area (Å²) in [5.41, 5.74) is 1.34. The van der Waals surface area contributed by atoms with Crippen molar-refractivity contribution >= 4 is 0 Å². The maximum atomic E-state index is 5.72. The molecular weight excluding hydrogens is 246 g/mol. The number of hydrogen-bond donors (Lipinski definition) is 1. The van der Waals surface area contributed by atoms with Gasteiger partial charge in [-0.25, -0.2) is 0 Å². The lowest BCUT2D eigenvalue weighted by molar-refractivity contribution is 0.306. The third-order valence-corrected chi connectivity index (χ3v) is 3.93. The molecule has 0 radical (unpaired) electrons. The van der Waals surface area contributed by atoms with Crippen LogP contribution in [-0.2, 0) is 6.54 Å². The summed E-state index contributed by atoms with van der Waals surface area (Å²) < 4.78 is 5.72. The summed E-state index contributed by atoms with van der Waals surface area (Å²) >= 11 is 0. The number of benzene rings is 1. The van der Waals surface area contributed by atoms with E-state index in [-0.39, 0.29) is 0 Å². The van der Waals surface area contributed by atoms with E-state index >= 15 is 0 Å². The van der Waals surface area contributed by atoms with Gasteiger partial charge in [-0.05, 0) is 49.4 Å². The van der Waals surface area contributed by atoms with Gasteiger partial charge in [-0.2, -0.15) is 0 Å². The van der Waals surface area contributed by atoms with Gasteiger partial charge in [-0.1, -0.05) is 44.7 Å². The van der Waals surface area contributed by atoms with Crippen LogP contribution in [0.5, 0.6) is 5.75 Å². The van der Waals surface area contributed by atoms with Crippen LogP contribution >= 0.6 is 0 Å². The highest BCUT2D eigenvalue weighted by Crippen LogP contribution is 2.33. The van der Waals surface area contributed by atoms with Gasteiger partial charge in [0.05, 0.1) is 6.61 Å². The summed E-state index contributed by atoms with van der Waals surface area (Å²) in [5, 5.41) is 3.52. The summed E-state index contributed by atoms with van der Waals surface area (Å²) in [6, 6.07) is 8.52. The number of unbranched alkanes of at least 4 members (excludes halogenated alkanes) is 2. The van der Waals surface area contributed by atoms with Crippen molar-refractivity contribution in [2.45, 2.75) is 58.4 Å². The van der Waals surface area contributed by atoms with Crippen LogP contribution in [0.3, 0.4) is 0 Å². The molecule has 2 nitrogen and oxygen atoms in total. The Morgan fingerprint density at radius 3 is 2.60 bits per heavy atom. The van der Waals surface area contributed by atoms with E-state index in [1.54, 1.807) is 0 Å². The van der Waals surface area contributed by atoms with E-state index in [1.165, 1.54) is 44.1 Å². The number of rotatable bonds is 11. The second-order valence-electron chi connectivity index (χ2n) is 5.96. The quantitative estimate of drug-likeness (QED) is 0.599. The molecule has 0 amide bonds. The predicted molar refractivity (Wildman–Crippen MR) is 85.1 cm³/mol. The molecule has 1 N–H and O–H groups in total. The average molecular weight is 275 g/mol. The molecule has 1 saturated carbocycles. The molecule has 1 aliphatic rings. The largest absolute Gasteiger partial charge is 0.494 e. The van der Waals surface area contributed by atoms with Crippen molar-refractivity contribution in [1.29, 1.82) is 0 Å². The molecule has 1 fully saturated rings. The molecule has 0 atom stereocenters. The Labute approximate surface area is 123 Å². The van der Waals surface area contributed by atoms with Crippen LogP contribution in [-0.4, -0.2) is 13.2 Å². The smallest absolute Gasteiger partial charge is 0.119 e. The van der Waals surface area contributed by atoms with Gasteiger partial charge in [-0.15, -0.1) is 0 Å². The third kappa shape index (κ3) is 6.42. The molecule has 1 aliphatic carbocycles. The normalized spacial score (nSPS) is 14.4. The predicted octanol–water partition coefficient (Wildman–Crippen LogP) is 4.54. The minimum atomic E-state index is 0.840. The van der Waals surface area contributed by atoms with Gasteiger partial charge in [0.1, 0.15) is 5.75 Å². The Kier molecular flexibility index (Phi) is 6.93. The van der Waals surface area contributed by atoms with Crippen LogP contribution in [0.4, 0.5) is 0 Å². The third-order valence-electron chi connectivity index (χ3n) is 3.93. The first-order valence-electron chi connectivity index (χ1n) is 8.31. The van der Waals surface area contributed by atoms with E-state index in [9.17, 15) is 0 Å². The van der Waals surface area contributed by atoms with Crippen LogP contribution < -0.4 is 10.1 Å². The molecule has 0 aromatic heterocycles. The molecule has 20 heavy (non-hydrogen) atoms. The summed E-state index contributed by atoms with van der Waals surface area (Å²) in [6.07, 6.45) is 9.33. The molecule has 1 aromatic carbocycles. The van der Waals surface area contributed by atoms with Gasteiger partial charge in [0.25, 0.3) is 0 Å². The van der Waals surface area contributed by atoms with Crippen molar-refractivity contribution in [3.8, 4) is 5.75 Å². The Morgan fingerprint density at radius 1 is 1.10 bits per heavy atom. The van der Waals surface area contributed by atoms with E-state index in [2.05, 4.69) is 36.5 Å². The van der Waals surface area contributed by atoms with E-state index in [0.29, 0.717) is 0 Å². The molecule has 2 rings (SSSR count). The standard InChI is InChI=1S/C18H29NO/c1-2-3-4-14-20-18-11-9-17(10-12-18)15-19-13-5-6-16-7-8-16/h9-12,16,19H,2-8,13-15H2,1H3. The molecule has 0 bridgehead atoms. The Hall–Kier alpha value is -1.02. The fraction of sp³-hybridized carbons (Fsp3) is 0.667. The summed E-state index contributed by atoms with van der Waals surface area (Å²) in [7, 11) is 0. The summed E-state index contributed by atoms with van der Waals surface area (Å²) in [5.74, 6) is 2.06. The van der Waals surface area contributed by atoms with Crippen molar-refractivity contribution in [3.63, 3.8) is 0 Å². The first kappa shape index (κ1) is 15.4. The lowest BCUT2D eigenvalue weighted by Crippen LogP contribution is -2.14. The molecule has 0 spiro atoms. The Morgan fingerprint density at radius 2 is 1.90 bits per heavy atom. The van der Waals surface area contributed by atoms with Gasteiger partial charge in [0, 0.05) is 6.54 Å². The van der Waals surface area contributed by atoms with Gasteiger partial charge in [0.15, 0.2) is 0 Å². The van der Waals surface area contributed by atoms with Crippen molar-refractivity contribution in [2.75, 3.05) is 13.2 Å². The zero-order valence-electron chi connectivity index (χ0n) is 12.9. The molecule has 0 saturated heterocycles. The molecule has 1 aromatic rings. The van der Waals surface area contributed by atoms with Gasteiger partial charge in [-0.3, -0.25) is 0 Å². The molecule has 0 aliphatic heterocycles. The zero-order chi connectivity index (χ0) is 14.0. The fourth-order valence-electron chi connectivity index (χ4n) is 2.40. The van der Waals surface area contributed by atoms with Crippen molar-refractivity contribution in [3.05, 3.63) is 29.8 Å². The lowest BCUT2D eigenvalue weighted by atomic mass is 10.2. The minimum absolute atomic E-state index is 0.840. The minimum Gasteiger partial charge on any atom is -0.494 e. The lowest BCUT2D eigenvalue weighted by Gasteiger charge is -2.08. The van der Waals surface area contributed by atoms with Crippen LogP contribution in [0.2, 0.25) is 0 Å². The summed E-state index contributed by atoms with van der Waals surface area (Å²) in [6.45, 7) is 5.17. The van der Waals surface area contributed by atoms with Crippen LogP contribution in [0, 0.1) is 5.92 Å². The van der Waals surface area contributed by atoms with Crippen LogP contribution in [0.25, 0.3) is 0 Å². The molecule has 0 heterocycles. The Balaban J connectivity index is 1.55. The maximum absolute atomic E-state index is 5.72. The van der Waals surface area contributed by atoms with Crippen LogP contribution in [0.15, 0.2) is 24.3 Å². The highest BCUT2D eigenvalue weighted by molar-refractivity contribution is 5.27. The molecule has 112 valence electrons. The first-order chi connectivity index (χ1) is 9.88. The van der Waals surface area contributed by atoms with Gasteiger partial charge < -0.3 is 10.1 Å².